The maximum Gasteiger partial charge on any atom is 0.295 e. The van der Waals surface area contributed by atoms with Crippen LogP contribution in [0.1, 0.15) is 29.2 Å². The van der Waals surface area contributed by atoms with Crippen LogP contribution in [-0.2, 0) is 14.3 Å². The molecule has 0 unspecified atom stereocenters. The minimum Gasteiger partial charge on any atom is -0.507 e. The van der Waals surface area contributed by atoms with Gasteiger partial charge in [0, 0.05) is 31.7 Å². The van der Waals surface area contributed by atoms with E-state index in [2.05, 4.69) is 4.90 Å². The first-order chi connectivity index (χ1) is 18.8. The van der Waals surface area contributed by atoms with Crippen LogP contribution in [0.25, 0.3) is 5.76 Å². The van der Waals surface area contributed by atoms with Gasteiger partial charge in [-0.05, 0) is 54.8 Å². The van der Waals surface area contributed by atoms with Crippen LogP contribution in [-0.4, -0.2) is 94.4 Å². The highest BCUT2D eigenvalue weighted by atomic mass is 16.5. The Morgan fingerprint density at radius 2 is 1.62 bits per heavy atom. The standard InChI is InChI=1S/C29H36N2O8/c1-18-15-20(35-2)7-8-21(18)26(32)24-25(19-16-22(36-3)28(38-5)23(17-19)37-4)31(29(34)27(24)33)10-6-9-30-11-13-39-14-12-30/h7-8,15-17,25,32H,6,9-14H2,1-5H3/b26-24+/t25-/m0/s1. The zero-order chi connectivity index (χ0) is 28.1. The van der Waals surface area contributed by atoms with Crippen molar-refractivity contribution in [3.63, 3.8) is 0 Å². The Bertz CT molecular complexity index is 1230. The molecule has 2 fully saturated rings. The molecule has 0 saturated carbocycles. The lowest BCUT2D eigenvalue weighted by atomic mass is 9.93. The van der Waals surface area contributed by atoms with E-state index in [9.17, 15) is 14.7 Å². The third kappa shape index (κ3) is 5.67. The van der Waals surface area contributed by atoms with Gasteiger partial charge in [0.15, 0.2) is 11.5 Å². The molecule has 0 radical (unpaired) electrons. The number of carbonyl (C=O) groups is 2. The number of ether oxygens (including phenoxy) is 5. The van der Waals surface area contributed by atoms with E-state index in [1.807, 2.05) is 6.92 Å². The maximum atomic E-state index is 13.5. The Labute approximate surface area is 228 Å². The molecule has 1 amide bonds. The third-order valence-electron chi connectivity index (χ3n) is 7.21. The van der Waals surface area contributed by atoms with E-state index in [0.717, 1.165) is 19.6 Å². The average Bonchev–Trinajstić information content (AvgIpc) is 3.21. The summed E-state index contributed by atoms with van der Waals surface area (Å²) in [5, 5.41) is 11.5. The number of hydrogen-bond donors (Lipinski definition) is 1. The molecule has 0 aliphatic carbocycles. The van der Waals surface area contributed by atoms with Crippen molar-refractivity contribution in [2.45, 2.75) is 19.4 Å². The molecule has 2 aliphatic heterocycles. The van der Waals surface area contributed by atoms with Gasteiger partial charge >= 0.3 is 0 Å². The molecular weight excluding hydrogens is 504 g/mol. The van der Waals surface area contributed by atoms with Crippen LogP contribution in [0.3, 0.4) is 0 Å². The number of hydrogen-bond acceptors (Lipinski definition) is 9. The van der Waals surface area contributed by atoms with E-state index in [-0.39, 0.29) is 11.3 Å². The number of amides is 1. The second kappa shape index (κ2) is 12.4. The van der Waals surface area contributed by atoms with Crippen molar-refractivity contribution in [2.75, 3.05) is 67.8 Å². The zero-order valence-electron chi connectivity index (χ0n) is 23.1. The summed E-state index contributed by atoms with van der Waals surface area (Å²) in [7, 11) is 6.06. The van der Waals surface area contributed by atoms with Crippen molar-refractivity contribution in [3.05, 3.63) is 52.6 Å². The molecule has 1 atom stereocenters. The van der Waals surface area contributed by atoms with E-state index in [0.29, 0.717) is 65.9 Å². The van der Waals surface area contributed by atoms with Gasteiger partial charge in [-0.15, -0.1) is 0 Å². The van der Waals surface area contributed by atoms with Gasteiger partial charge in [-0.3, -0.25) is 14.5 Å². The molecule has 2 heterocycles. The van der Waals surface area contributed by atoms with Crippen LogP contribution in [0.5, 0.6) is 23.0 Å². The topological polar surface area (TPSA) is 107 Å². The van der Waals surface area contributed by atoms with Crippen LogP contribution in [0, 0.1) is 6.92 Å². The summed E-state index contributed by atoms with van der Waals surface area (Å²) in [6.45, 7) is 5.89. The number of Topliss-reactive ketones (excluding diaryl/α,β-unsaturated/α-hetero) is 1. The number of rotatable bonds is 10. The summed E-state index contributed by atoms with van der Waals surface area (Å²) in [6.07, 6.45) is 0.648. The number of aryl methyl sites for hydroxylation is 1. The summed E-state index contributed by atoms with van der Waals surface area (Å²) in [5.41, 5.74) is 1.71. The van der Waals surface area contributed by atoms with Gasteiger partial charge < -0.3 is 33.7 Å². The van der Waals surface area contributed by atoms with Gasteiger partial charge in [-0.25, -0.2) is 0 Å². The van der Waals surface area contributed by atoms with Crippen LogP contribution < -0.4 is 18.9 Å². The van der Waals surface area contributed by atoms with Gasteiger partial charge in [0.25, 0.3) is 11.7 Å². The molecule has 2 saturated heterocycles. The predicted molar refractivity (Wildman–Crippen MR) is 145 cm³/mol. The normalized spacial score (nSPS) is 19.3. The lowest BCUT2D eigenvalue weighted by Crippen LogP contribution is -2.39. The van der Waals surface area contributed by atoms with E-state index in [1.165, 1.54) is 26.2 Å². The largest absolute Gasteiger partial charge is 0.507 e. The quantitative estimate of drug-likeness (QED) is 0.276. The van der Waals surface area contributed by atoms with E-state index < -0.39 is 17.7 Å². The predicted octanol–water partition coefficient (Wildman–Crippen LogP) is 3.17. The maximum absolute atomic E-state index is 13.5. The number of ketones is 1. The zero-order valence-corrected chi connectivity index (χ0v) is 23.1. The molecule has 210 valence electrons. The number of aliphatic hydroxyl groups excluding tert-OH is 1. The van der Waals surface area contributed by atoms with Crippen LogP contribution in [0.2, 0.25) is 0 Å². The fraction of sp³-hybridized carbons (Fsp3) is 0.448. The van der Waals surface area contributed by atoms with Crippen molar-refractivity contribution in [3.8, 4) is 23.0 Å². The summed E-state index contributed by atoms with van der Waals surface area (Å²) in [5.74, 6) is 0.116. The van der Waals surface area contributed by atoms with Crippen molar-refractivity contribution < 1.29 is 38.4 Å². The van der Waals surface area contributed by atoms with Gasteiger partial charge in [0.1, 0.15) is 11.5 Å². The molecule has 0 aromatic heterocycles. The fourth-order valence-corrected chi connectivity index (χ4v) is 5.18. The molecule has 2 aromatic rings. The van der Waals surface area contributed by atoms with E-state index in [4.69, 9.17) is 23.7 Å². The number of morpholine rings is 1. The summed E-state index contributed by atoms with van der Waals surface area (Å²) < 4.78 is 27.3. The monoisotopic (exact) mass is 540 g/mol. The highest BCUT2D eigenvalue weighted by Gasteiger charge is 2.46. The Hall–Kier alpha value is -3.76. The minimum atomic E-state index is -0.857. The summed E-state index contributed by atoms with van der Waals surface area (Å²) in [6, 6.07) is 7.71. The van der Waals surface area contributed by atoms with Crippen molar-refractivity contribution in [2.24, 2.45) is 0 Å². The Morgan fingerprint density at radius 3 is 2.18 bits per heavy atom. The fourth-order valence-electron chi connectivity index (χ4n) is 5.18. The number of benzene rings is 2. The second-order valence-corrected chi connectivity index (χ2v) is 9.44. The smallest absolute Gasteiger partial charge is 0.295 e. The molecule has 0 bridgehead atoms. The molecule has 10 nitrogen and oxygen atoms in total. The first-order valence-corrected chi connectivity index (χ1v) is 12.9. The number of likely N-dealkylation sites (tertiary alicyclic amines) is 1. The first kappa shape index (κ1) is 28.3. The van der Waals surface area contributed by atoms with Crippen LogP contribution in [0.15, 0.2) is 35.9 Å². The lowest BCUT2D eigenvalue weighted by molar-refractivity contribution is -0.140. The highest BCUT2D eigenvalue weighted by Crippen LogP contribution is 2.46. The van der Waals surface area contributed by atoms with Crippen LogP contribution >= 0.6 is 0 Å². The number of aliphatic hydroxyl groups is 1. The lowest BCUT2D eigenvalue weighted by Gasteiger charge is -2.29. The number of carbonyl (C=O) groups excluding carboxylic acids is 2. The highest BCUT2D eigenvalue weighted by molar-refractivity contribution is 6.46. The van der Waals surface area contributed by atoms with Gasteiger partial charge in [0.05, 0.1) is 53.3 Å². The molecule has 1 N–H and O–H groups in total. The molecule has 2 aromatic carbocycles. The SMILES string of the molecule is COc1ccc(/C(O)=C2\C(=O)C(=O)N(CCCN3CCOCC3)[C@H]2c2cc(OC)c(OC)c(OC)c2)c(C)c1. The Balaban J connectivity index is 1.80. The molecule has 39 heavy (non-hydrogen) atoms. The molecule has 10 heteroatoms. The van der Waals surface area contributed by atoms with E-state index in [1.54, 1.807) is 37.4 Å². The van der Waals surface area contributed by atoms with Gasteiger partial charge in [0.2, 0.25) is 5.75 Å². The molecule has 0 spiro atoms. The number of nitrogens with zero attached hydrogens (tertiary/aromatic N) is 2. The van der Waals surface area contributed by atoms with Crippen LogP contribution in [0.4, 0.5) is 0 Å². The van der Waals surface area contributed by atoms with Gasteiger partial charge in [-0.2, -0.15) is 0 Å². The van der Waals surface area contributed by atoms with Gasteiger partial charge in [-0.1, -0.05) is 0 Å². The summed E-state index contributed by atoms with van der Waals surface area (Å²) >= 11 is 0. The third-order valence-corrected chi connectivity index (χ3v) is 7.21. The number of methoxy groups -OCH3 is 4. The second-order valence-electron chi connectivity index (χ2n) is 9.44. The molecular formula is C29H36N2O8. The molecule has 4 rings (SSSR count). The van der Waals surface area contributed by atoms with Crippen molar-refractivity contribution >= 4 is 17.4 Å². The summed E-state index contributed by atoms with van der Waals surface area (Å²) in [4.78, 5) is 30.7. The Kier molecular flexibility index (Phi) is 8.98. The van der Waals surface area contributed by atoms with Crippen molar-refractivity contribution in [1.82, 2.24) is 9.80 Å². The average molecular weight is 541 g/mol. The minimum absolute atomic E-state index is 0.00825. The van der Waals surface area contributed by atoms with E-state index >= 15 is 0 Å². The Morgan fingerprint density at radius 1 is 0.949 bits per heavy atom. The molecule has 2 aliphatic rings. The first-order valence-electron chi connectivity index (χ1n) is 12.9. The van der Waals surface area contributed by atoms with Crippen molar-refractivity contribution in [1.29, 1.82) is 0 Å².